The number of morpholine rings is 2. The topological polar surface area (TPSA) is 353 Å². The van der Waals surface area contributed by atoms with Gasteiger partial charge in [0.2, 0.25) is 11.6 Å². The lowest BCUT2D eigenvalue weighted by atomic mass is 9.70. The first-order chi connectivity index (χ1) is 46.3. The van der Waals surface area contributed by atoms with E-state index in [-0.39, 0.29) is 117 Å². The fraction of sp³-hybridized carbons (Fsp3) is 0.557. The van der Waals surface area contributed by atoms with Crippen molar-refractivity contribution in [1.29, 1.82) is 0 Å². The van der Waals surface area contributed by atoms with E-state index in [0.717, 1.165) is 0 Å². The molecular weight excluding hydrogens is 1270 g/mol. The molecule has 14 rings (SSSR count). The summed E-state index contributed by atoms with van der Waals surface area (Å²) in [6, 6.07) is 8.79. The zero-order valence-corrected chi connectivity index (χ0v) is 55.5. The summed E-state index contributed by atoms with van der Waals surface area (Å²) in [6.45, 7) is 11.9. The van der Waals surface area contributed by atoms with Crippen molar-refractivity contribution >= 4 is 28.9 Å². The zero-order valence-electron chi connectivity index (χ0n) is 55.5. The van der Waals surface area contributed by atoms with Gasteiger partial charge >= 0.3 is 0 Å². The summed E-state index contributed by atoms with van der Waals surface area (Å²) in [7, 11) is 5.85. The molecule has 97 heavy (non-hydrogen) atoms. The number of fused-ring (bicyclic) bond motifs is 12. The van der Waals surface area contributed by atoms with Crippen LogP contribution in [0.4, 0.5) is 0 Å². The van der Waals surface area contributed by atoms with Gasteiger partial charge in [0.05, 0.1) is 104 Å². The number of phenols is 4. The highest BCUT2D eigenvalue weighted by atomic mass is 16.7. The SMILES string of the molecule is COc1cccc2c1C(=O)c1c(O)c3c(c(O)c1C2=O)C[C@@](O)(C(=O)COC(C)C)C[C@@H]3O[C@H]1C[C@H]2[C@H](O[C@@H]3[C@@H](OC)OCCN32)[C@H](C)O1.COc1cccc2c1C(=O)c1c(O)c3c(c(O)c1C2=O)C[C@@](O)(C(CO)=C(C)C)C[C@@H]3O[C@H]1C[C@H]2[C@H](O[C@@H]3[C@@H](OC)OCCN32)[C@H](C)O1. The Hall–Kier alpha value is -6.87. The average molecular weight is 1350 g/mol. The van der Waals surface area contributed by atoms with E-state index >= 15 is 0 Å². The molecule has 4 aromatic carbocycles. The third-order valence-electron chi connectivity index (χ3n) is 20.8. The monoisotopic (exact) mass is 1350 g/mol. The summed E-state index contributed by atoms with van der Waals surface area (Å²) < 4.78 is 77.1. The van der Waals surface area contributed by atoms with Gasteiger partial charge in [-0.25, -0.2) is 0 Å². The van der Waals surface area contributed by atoms with Crippen LogP contribution in [-0.4, -0.2) is 234 Å². The van der Waals surface area contributed by atoms with Gasteiger partial charge in [0.15, 0.2) is 55.0 Å². The first-order valence-corrected chi connectivity index (χ1v) is 32.7. The van der Waals surface area contributed by atoms with E-state index in [1.165, 1.54) is 32.4 Å². The Labute approximate surface area is 558 Å². The van der Waals surface area contributed by atoms with Crippen molar-refractivity contribution in [2.75, 3.05) is 68.0 Å². The molecule has 0 spiro atoms. The summed E-state index contributed by atoms with van der Waals surface area (Å²) in [5.41, 5.74) is -4.43. The van der Waals surface area contributed by atoms with Crippen LogP contribution >= 0.6 is 0 Å². The van der Waals surface area contributed by atoms with Crippen molar-refractivity contribution in [3.8, 4) is 34.5 Å². The third kappa shape index (κ3) is 11.4. The molecule has 16 atom stereocenters. The molecule has 27 nitrogen and oxygen atoms in total. The number of ether oxygens (including phenoxy) is 13. The average Bonchev–Trinajstić information content (AvgIpc) is 1.43. The number of aromatic hydroxyl groups is 4. The van der Waals surface area contributed by atoms with E-state index < -0.39 is 156 Å². The largest absolute Gasteiger partial charge is 0.507 e. The second kappa shape index (κ2) is 26.3. The Morgan fingerprint density at radius 2 is 1.02 bits per heavy atom. The first kappa shape index (κ1) is 68.6. The fourth-order valence-corrected chi connectivity index (χ4v) is 16.2. The minimum absolute atomic E-state index is 0.0113. The second-order valence-corrected chi connectivity index (χ2v) is 26.8. The van der Waals surface area contributed by atoms with Gasteiger partial charge in [-0.05, 0) is 59.2 Å². The number of methoxy groups -OCH3 is 4. The molecule has 7 N–H and O–H groups in total. The lowest BCUT2D eigenvalue weighted by molar-refractivity contribution is -0.256. The number of rotatable bonds is 14. The van der Waals surface area contributed by atoms with Crippen molar-refractivity contribution in [3.05, 3.63) is 114 Å². The number of ketones is 5. The first-order valence-electron chi connectivity index (χ1n) is 32.7. The quantitative estimate of drug-likeness (QED) is 0.0577. The number of benzene rings is 4. The van der Waals surface area contributed by atoms with Gasteiger partial charge in [-0.1, -0.05) is 29.8 Å². The van der Waals surface area contributed by atoms with E-state index in [9.17, 15) is 59.7 Å². The summed E-state index contributed by atoms with van der Waals surface area (Å²) in [5.74, 6) is -5.45. The highest BCUT2D eigenvalue weighted by molar-refractivity contribution is 6.32. The molecule has 0 radical (unpaired) electrons. The smallest absolute Gasteiger partial charge is 0.202 e. The van der Waals surface area contributed by atoms with E-state index in [0.29, 0.717) is 50.3 Å². The molecule has 0 unspecified atom stereocenters. The van der Waals surface area contributed by atoms with Crippen LogP contribution < -0.4 is 9.47 Å². The standard InChI is InChI=1S/C35H41NO13.C35H41NO12/c1-15(2)46-14-22(37)35(42)12-18-25(31(41)27-26(29(18)39)28(38)17-7-6-8-20(43-4)24(17)30(27)40)21(13-35)48-23-11-19-32(16(3)47-23)49-33-34(44-5)45-10-9-36(19)33;1-15(2)19(14-37)35(42)12-18-25(31(41)27-26(29(18)39)28(38)17-7-6-8-21(43-4)24(17)30(27)40)22(13-35)47-23-11-20-32(16(3)46-23)48-33-34(44-5)45-10-9-36(20)33/h6-8,15-16,19,21,23,32-34,39,41-42H,9-14H2,1-5H3;6-8,16,20,22-23,32-34,37,39,41-42H,9-14H2,1-5H3/t16-,19-,21-,23-,32+,33+,34-,35-;16-,20-,22-,23-,32+,33+,34-,35-/m00/s1. The van der Waals surface area contributed by atoms with Crippen molar-refractivity contribution in [1.82, 2.24) is 9.80 Å². The van der Waals surface area contributed by atoms with E-state index in [1.807, 2.05) is 13.8 Å². The molecule has 0 bridgehead atoms. The van der Waals surface area contributed by atoms with Crippen molar-refractivity contribution in [2.45, 2.75) is 184 Å². The number of hydrogen-bond donors (Lipinski definition) is 7. The predicted molar refractivity (Wildman–Crippen MR) is 335 cm³/mol. The number of Topliss-reactive ketones (excluding diaryl/α,β-unsaturated/α-hetero) is 1. The van der Waals surface area contributed by atoms with Gasteiger partial charge in [-0.2, -0.15) is 0 Å². The number of carbonyl (C=O) groups excluding carboxylic acids is 5. The second-order valence-electron chi connectivity index (χ2n) is 26.8. The molecule has 4 aromatic rings. The Kier molecular flexibility index (Phi) is 18.6. The molecule has 6 fully saturated rings. The normalized spacial score (nSPS) is 32.4. The predicted octanol–water partition coefficient (Wildman–Crippen LogP) is 4.62. The minimum Gasteiger partial charge on any atom is -0.507 e. The maximum atomic E-state index is 14.0. The molecule has 6 aliphatic heterocycles. The number of aliphatic hydroxyl groups is 3. The van der Waals surface area contributed by atoms with Crippen LogP contribution in [-0.2, 0) is 69.7 Å². The highest BCUT2D eigenvalue weighted by Gasteiger charge is 2.58. The van der Waals surface area contributed by atoms with E-state index in [4.69, 9.17) is 61.6 Å². The van der Waals surface area contributed by atoms with Crippen LogP contribution in [0.5, 0.6) is 34.5 Å². The lowest BCUT2D eigenvalue weighted by Gasteiger charge is -2.44. The molecule has 27 heteroatoms. The molecular formula is C70H82N2O25. The molecule has 6 heterocycles. The summed E-state index contributed by atoms with van der Waals surface area (Å²) in [4.78, 5) is 73.6. The zero-order chi connectivity index (χ0) is 69.2. The molecule has 10 aliphatic rings. The number of phenolic OH excluding ortho intramolecular Hbond substituents is 4. The Morgan fingerprint density at radius 3 is 1.42 bits per heavy atom. The Morgan fingerprint density at radius 1 is 0.598 bits per heavy atom. The lowest BCUT2D eigenvalue weighted by Crippen LogP contribution is -2.55. The Balaban J connectivity index is 0.000000175. The summed E-state index contributed by atoms with van der Waals surface area (Å²) in [6.07, 6.45) is -8.48. The van der Waals surface area contributed by atoms with Crippen LogP contribution in [0.1, 0.15) is 165 Å². The van der Waals surface area contributed by atoms with Gasteiger partial charge in [-0.15, -0.1) is 0 Å². The number of hydrogen-bond acceptors (Lipinski definition) is 27. The molecule has 522 valence electrons. The van der Waals surface area contributed by atoms with Crippen LogP contribution in [0.2, 0.25) is 0 Å². The number of carbonyl (C=O) groups is 5. The van der Waals surface area contributed by atoms with Crippen LogP contribution in [0, 0.1) is 0 Å². The molecule has 6 saturated heterocycles. The minimum atomic E-state index is -2.12. The summed E-state index contributed by atoms with van der Waals surface area (Å²) in [5, 5.41) is 81.8. The maximum absolute atomic E-state index is 14.0. The molecule has 0 saturated carbocycles. The van der Waals surface area contributed by atoms with Crippen molar-refractivity contribution in [3.63, 3.8) is 0 Å². The van der Waals surface area contributed by atoms with Crippen LogP contribution in [0.3, 0.4) is 0 Å². The van der Waals surface area contributed by atoms with E-state index in [2.05, 4.69) is 9.80 Å². The van der Waals surface area contributed by atoms with Gasteiger partial charge in [0.25, 0.3) is 0 Å². The number of aliphatic hydroxyl groups excluding tert-OH is 1. The van der Waals surface area contributed by atoms with E-state index in [1.54, 1.807) is 60.1 Å². The Bertz CT molecular complexity index is 3880. The fourth-order valence-electron chi connectivity index (χ4n) is 16.2. The summed E-state index contributed by atoms with van der Waals surface area (Å²) >= 11 is 0. The van der Waals surface area contributed by atoms with Gasteiger partial charge in [0.1, 0.15) is 58.9 Å². The molecule has 4 aliphatic carbocycles. The molecule has 0 amide bonds. The maximum Gasteiger partial charge on any atom is 0.202 e. The number of allylic oxidation sites excluding steroid dienone is 1. The highest BCUT2D eigenvalue weighted by Crippen LogP contribution is 2.56. The van der Waals surface area contributed by atoms with Gasteiger partial charge in [0, 0.05) is 111 Å². The third-order valence-corrected chi connectivity index (χ3v) is 20.8. The van der Waals surface area contributed by atoms with Gasteiger partial charge < -0.3 is 97.3 Å². The van der Waals surface area contributed by atoms with Crippen molar-refractivity contribution < 1.29 is 121 Å². The van der Waals surface area contributed by atoms with Crippen molar-refractivity contribution in [2.24, 2.45) is 0 Å². The molecule has 0 aromatic heterocycles. The van der Waals surface area contributed by atoms with Gasteiger partial charge in [-0.3, -0.25) is 33.8 Å². The van der Waals surface area contributed by atoms with Crippen LogP contribution in [0.25, 0.3) is 0 Å². The van der Waals surface area contributed by atoms with Crippen LogP contribution in [0.15, 0.2) is 47.5 Å². The number of nitrogens with zero attached hydrogens (tertiary/aromatic N) is 2.